The Hall–Kier alpha value is -2.86. The normalized spacial score (nSPS) is 10.5. The number of hydrogen-bond acceptors (Lipinski definition) is 5. The van der Waals surface area contributed by atoms with Crippen molar-refractivity contribution in [1.29, 1.82) is 0 Å². The zero-order chi connectivity index (χ0) is 19.2. The summed E-state index contributed by atoms with van der Waals surface area (Å²) in [6, 6.07) is 17.4. The van der Waals surface area contributed by atoms with Crippen molar-refractivity contribution in [3.63, 3.8) is 0 Å². The highest BCUT2D eigenvalue weighted by Gasteiger charge is 2.09. The van der Waals surface area contributed by atoms with Crippen LogP contribution in [0.15, 0.2) is 59.6 Å². The molecule has 1 heterocycles. The number of ether oxygens (including phenoxy) is 1. The lowest BCUT2D eigenvalue weighted by Crippen LogP contribution is -2.15. The van der Waals surface area contributed by atoms with E-state index in [2.05, 4.69) is 15.5 Å². The molecule has 2 aromatic carbocycles. The Morgan fingerprint density at radius 3 is 2.63 bits per heavy atom. The van der Waals surface area contributed by atoms with Gasteiger partial charge in [-0.1, -0.05) is 36.0 Å². The molecule has 5 nitrogen and oxygen atoms in total. The molecule has 0 saturated heterocycles. The Balaban J connectivity index is 1.62. The number of benzene rings is 2. The van der Waals surface area contributed by atoms with E-state index < -0.39 is 0 Å². The Bertz CT molecular complexity index is 942. The molecule has 0 atom stereocenters. The Morgan fingerprint density at radius 2 is 1.89 bits per heavy atom. The minimum absolute atomic E-state index is 0.0655. The van der Waals surface area contributed by atoms with E-state index in [-0.39, 0.29) is 11.7 Å². The van der Waals surface area contributed by atoms with Crippen LogP contribution >= 0.6 is 11.8 Å². The lowest BCUT2D eigenvalue weighted by atomic mass is 10.1. The molecule has 3 aromatic rings. The van der Waals surface area contributed by atoms with Crippen LogP contribution in [-0.2, 0) is 4.79 Å². The van der Waals surface area contributed by atoms with Crippen LogP contribution in [-0.4, -0.2) is 29.0 Å². The molecule has 0 spiro atoms. The van der Waals surface area contributed by atoms with Gasteiger partial charge in [0.1, 0.15) is 10.8 Å². The van der Waals surface area contributed by atoms with Gasteiger partial charge in [-0.3, -0.25) is 4.79 Å². The second-order valence-electron chi connectivity index (χ2n) is 6.11. The molecule has 1 amide bonds. The third-order valence-electron chi connectivity index (χ3n) is 4.04. The second kappa shape index (κ2) is 8.68. The number of aromatic nitrogens is 2. The Morgan fingerprint density at radius 1 is 1.07 bits per heavy atom. The van der Waals surface area contributed by atoms with E-state index >= 15 is 0 Å². The molecule has 0 radical (unpaired) electrons. The van der Waals surface area contributed by atoms with E-state index in [9.17, 15) is 4.79 Å². The smallest absolute Gasteiger partial charge is 0.234 e. The highest BCUT2D eigenvalue weighted by molar-refractivity contribution is 7.99. The number of nitrogens with zero attached hydrogens (tertiary/aromatic N) is 2. The summed E-state index contributed by atoms with van der Waals surface area (Å²) in [5, 5.41) is 12.1. The Labute approximate surface area is 163 Å². The quantitative estimate of drug-likeness (QED) is 0.639. The van der Waals surface area contributed by atoms with Gasteiger partial charge in [-0.25, -0.2) is 0 Å². The third-order valence-corrected chi connectivity index (χ3v) is 4.96. The average molecular weight is 379 g/mol. The molecule has 6 heteroatoms. The van der Waals surface area contributed by atoms with Crippen molar-refractivity contribution in [2.45, 2.75) is 18.9 Å². The van der Waals surface area contributed by atoms with E-state index in [0.29, 0.717) is 5.03 Å². The largest absolute Gasteiger partial charge is 0.496 e. The fourth-order valence-corrected chi connectivity index (χ4v) is 3.21. The monoisotopic (exact) mass is 379 g/mol. The summed E-state index contributed by atoms with van der Waals surface area (Å²) in [7, 11) is 1.63. The zero-order valence-electron chi connectivity index (χ0n) is 15.5. The van der Waals surface area contributed by atoms with E-state index in [1.807, 2.05) is 68.4 Å². The molecule has 3 rings (SSSR count). The number of carbonyl (C=O) groups excluding carboxylic acids is 1. The zero-order valence-corrected chi connectivity index (χ0v) is 16.3. The molecule has 0 aliphatic rings. The SMILES string of the molecule is COc1ccccc1-c1ccc(SCC(=O)Nc2cc(C)ccc2C)nn1. The molecule has 1 aromatic heterocycles. The van der Waals surface area contributed by atoms with Crippen molar-refractivity contribution in [1.82, 2.24) is 10.2 Å². The van der Waals surface area contributed by atoms with Crippen LogP contribution in [0.4, 0.5) is 5.69 Å². The predicted octanol–water partition coefficient (Wildman–Crippen LogP) is 4.50. The lowest BCUT2D eigenvalue weighted by molar-refractivity contribution is -0.113. The maximum atomic E-state index is 12.2. The number of para-hydroxylation sites is 1. The van der Waals surface area contributed by atoms with Gasteiger partial charge in [0.15, 0.2) is 0 Å². The predicted molar refractivity (Wildman–Crippen MR) is 109 cm³/mol. The second-order valence-corrected chi connectivity index (χ2v) is 7.11. The molecular weight excluding hydrogens is 358 g/mol. The molecule has 0 aliphatic heterocycles. The fourth-order valence-electron chi connectivity index (χ4n) is 2.59. The highest BCUT2D eigenvalue weighted by Crippen LogP contribution is 2.28. The van der Waals surface area contributed by atoms with E-state index in [1.54, 1.807) is 7.11 Å². The first kappa shape index (κ1) is 18.9. The minimum Gasteiger partial charge on any atom is -0.496 e. The first-order chi connectivity index (χ1) is 13.1. The topological polar surface area (TPSA) is 64.1 Å². The van der Waals surface area contributed by atoms with Crippen LogP contribution in [0, 0.1) is 13.8 Å². The molecule has 27 heavy (non-hydrogen) atoms. The number of nitrogens with one attached hydrogen (secondary N) is 1. The van der Waals surface area contributed by atoms with Gasteiger partial charge in [0.25, 0.3) is 0 Å². The van der Waals surface area contributed by atoms with Gasteiger partial charge in [0.05, 0.1) is 18.6 Å². The summed E-state index contributed by atoms with van der Waals surface area (Å²) in [6.07, 6.45) is 0. The molecule has 0 saturated carbocycles. The summed E-state index contributed by atoms with van der Waals surface area (Å²) in [4.78, 5) is 12.2. The van der Waals surface area contributed by atoms with Crippen LogP contribution in [0.2, 0.25) is 0 Å². The first-order valence-corrected chi connectivity index (χ1v) is 9.52. The number of aryl methyl sites for hydroxylation is 2. The van der Waals surface area contributed by atoms with Crippen molar-refractivity contribution in [2.24, 2.45) is 0 Å². The molecule has 0 fully saturated rings. The summed E-state index contributed by atoms with van der Waals surface area (Å²) in [6.45, 7) is 3.98. The molecular formula is C21H21N3O2S. The number of thioether (sulfide) groups is 1. The van der Waals surface area contributed by atoms with Gasteiger partial charge in [0, 0.05) is 11.3 Å². The third kappa shape index (κ3) is 4.86. The summed E-state index contributed by atoms with van der Waals surface area (Å²) in [5.74, 6) is 0.959. The van der Waals surface area contributed by atoms with Crippen molar-refractivity contribution < 1.29 is 9.53 Å². The van der Waals surface area contributed by atoms with E-state index in [1.165, 1.54) is 11.8 Å². The van der Waals surface area contributed by atoms with Gasteiger partial charge < -0.3 is 10.1 Å². The van der Waals surface area contributed by atoms with Crippen molar-refractivity contribution >= 4 is 23.4 Å². The van der Waals surface area contributed by atoms with Crippen LogP contribution in [0.3, 0.4) is 0 Å². The van der Waals surface area contributed by atoms with E-state index in [4.69, 9.17) is 4.74 Å². The van der Waals surface area contributed by atoms with Crippen LogP contribution in [0.5, 0.6) is 5.75 Å². The van der Waals surface area contributed by atoms with E-state index in [0.717, 1.165) is 33.8 Å². The Kier molecular flexibility index (Phi) is 6.08. The number of methoxy groups -OCH3 is 1. The van der Waals surface area contributed by atoms with Crippen molar-refractivity contribution in [3.05, 3.63) is 65.7 Å². The summed E-state index contributed by atoms with van der Waals surface area (Å²) >= 11 is 1.35. The summed E-state index contributed by atoms with van der Waals surface area (Å²) in [5.41, 5.74) is 4.62. The number of hydrogen-bond donors (Lipinski definition) is 1. The number of rotatable bonds is 6. The number of carbonyl (C=O) groups is 1. The van der Waals surface area contributed by atoms with Gasteiger partial charge in [0.2, 0.25) is 5.91 Å². The van der Waals surface area contributed by atoms with Crippen LogP contribution in [0.1, 0.15) is 11.1 Å². The maximum Gasteiger partial charge on any atom is 0.234 e. The van der Waals surface area contributed by atoms with Crippen LogP contribution < -0.4 is 10.1 Å². The van der Waals surface area contributed by atoms with Crippen LogP contribution in [0.25, 0.3) is 11.3 Å². The molecule has 138 valence electrons. The summed E-state index contributed by atoms with van der Waals surface area (Å²) < 4.78 is 5.36. The van der Waals surface area contributed by atoms with Gasteiger partial charge in [-0.05, 0) is 55.3 Å². The highest BCUT2D eigenvalue weighted by atomic mass is 32.2. The first-order valence-electron chi connectivity index (χ1n) is 8.54. The van der Waals surface area contributed by atoms with Crippen molar-refractivity contribution in [3.8, 4) is 17.0 Å². The molecule has 0 unspecified atom stereocenters. The number of anilines is 1. The molecule has 0 aliphatic carbocycles. The average Bonchev–Trinajstić information content (AvgIpc) is 2.69. The maximum absolute atomic E-state index is 12.2. The minimum atomic E-state index is -0.0655. The van der Waals surface area contributed by atoms with Gasteiger partial charge >= 0.3 is 0 Å². The van der Waals surface area contributed by atoms with Gasteiger partial charge in [-0.2, -0.15) is 0 Å². The molecule has 0 bridgehead atoms. The molecule has 1 N–H and O–H groups in total. The standard InChI is InChI=1S/C21H21N3O2S/c1-14-8-9-15(2)18(12-14)22-20(25)13-27-21-11-10-17(23-24-21)16-6-4-5-7-19(16)26-3/h4-12H,13H2,1-3H3,(H,22,25). The van der Waals surface area contributed by atoms with Crippen molar-refractivity contribution in [2.75, 3.05) is 18.2 Å². The number of amides is 1. The van der Waals surface area contributed by atoms with Gasteiger partial charge in [-0.15, -0.1) is 10.2 Å². The lowest BCUT2D eigenvalue weighted by Gasteiger charge is -2.09. The fraction of sp³-hybridized carbons (Fsp3) is 0.190.